The Balaban J connectivity index is 1.37. The maximum Gasteiger partial charge on any atom is 0.128 e. The van der Waals surface area contributed by atoms with E-state index in [1.54, 1.807) is 12.1 Å². The van der Waals surface area contributed by atoms with Gasteiger partial charge in [0.15, 0.2) is 0 Å². The highest BCUT2D eigenvalue weighted by Gasteiger charge is 2.27. The van der Waals surface area contributed by atoms with E-state index in [1.807, 2.05) is 36.4 Å². The van der Waals surface area contributed by atoms with E-state index in [1.165, 1.54) is 10.9 Å². The van der Waals surface area contributed by atoms with Crippen molar-refractivity contribution in [2.45, 2.75) is 31.8 Å². The minimum absolute atomic E-state index is 0.175. The molecule has 0 amide bonds. The fourth-order valence-electron chi connectivity index (χ4n) is 5.93. The Labute approximate surface area is 233 Å². The molecule has 0 unspecified atom stereocenters. The molecule has 2 heterocycles. The van der Waals surface area contributed by atoms with Gasteiger partial charge < -0.3 is 4.57 Å². The molecule has 0 spiro atoms. The summed E-state index contributed by atoms with van der Waals surface area (Å²) < 4.78 is 17.1. The summed E-state index contributed by atoms with van der Waals surface area (Å²) in [5.74, 6) is 0.189. The quantitative estimate of drug-likeness (QED) is 0.207. The molecular weight excluding hydrogens is 514 g/mol. The van der Waals surface area contributed by atoms with Crippen molar-refractivity contribution in [3.8, 4) is 11.3 Å². The smallest absolute Gasteiger partial charge is 0.128 e. The Morgan fingerprint density at radius 3 is 2.11 bits per heavy atom. The van der Waals surface area contributed by atoms with Crippen LogP contribution in [0.5, 0.6) is 0 Å². The Kier molecular flexibility index (Phi) is 7.25. The zero-order valence-electron chi connectivity index (χ0n) is 21.1. The Morgan fingerprint density at radius 2 is 1.37 bits per heavy atom. The average Bonchev–Trinajstić information content (AvgIpc) is 3.24. The van der Waals surface area contributed by atoms with Crippen molar-refractivity contribution in [1.29, 1.82) is 0 Å². The van der Waals surface area contributed by atoms with Crippen molar-refractivity contribution in [2.75, 3.05) is 13.1 Å². The molecule has 1 aromatic heterocycles. The summed E-state index contributed by atoms with van der Waals surface area (Å²) >= 11 is 13.1. The molecule has 38 heavy (non-hydrogen) atoms. The van der Waals surface area contributed by atoms with Gasteiger partial charge in [0.1, 0.15) is 5.82 Å². The minimum atomic E-state index is -0.175. The Bertz CT molecular complexity index is 1550. The van der Waals surface area contributed by atoms with Crippen LogP contribution in [0.2, 0.25) is 10.0 Å². The highest BCUT2D eigenvalue weighted by Crippen LogP contribution is 2.40. The molecule has 1 aliphatic rings. The van der Waals surface area contributed by atoms with E-state index >= 15 is 0 Å². The van der Waals surface area contributed by atoms with Gasteiger partial charge in [0.25, 0.3) is 0 Å². The fourth-order valence-corrected chi connectivity index (χ4v) is 6.63. The molecule has 2 nitrogen and oxygen atoms in total. The number of hydrogen-bond donors (Lipinski definition) is 0. The van der Waals surface area contributed by atoms with E-state index in [4.69, 9.17) is 23.2 Å². The van der Waals surface area contributed by atoms with Crippen molar-refractivity contribution in [1.82, 2.24) is 9.47 Å². The number of rotatable bonds is 6. The average molecular weight is 544 g/mol. The van der Waals surface area contributed by atoms with Crippen LogP contribution < -0.4 is 0 Å². The van der Waals surface area contributed by atoms with Gasteiger partial charge in [-0.05, 0) is 72.8 Å². The SMILES string of the molecule is Fc1ccccc1Cn1c(-c2ccccc2)c(CN2CCC(c3c(Cl)cccc3Cl)CC2)c2ccccc21. The third-order valence-electron chi connectivity index (χ3n) is 7.79. The van der Waals surface area contributed by atoms with Gasteiger partial charge in [-0.25, -0.2) is 4.39 Å². The number of likely N-dealkylation sites (tertiary alicyclic amines) is 1. The van der Waals surface area contributed by atoms with Gasteiger partial charge in [-0.3, -0.25) is 4.90 Å². The summed E-state index contributed by atoms with van der Waals surface area (Å²) in [5, 5.41) is 2.75. The van der Waals surface area contributed by atoms with Crippen molar-refractivity contribution >= 4 is 34.1 Å². The van der Waals surface area contributed by atoms with E-state index < -0.39 is 0 Å². The predicted molar refractivity (Wildman–Crippen MR) is 157 cm³/mol. The van der Waals surface area contributed by atoms with Gasteiger partial charge in [-0.15, -0.1) is 0 Å². The number of benzene rings is 4. The van der Waals surface area contributed by atoms with E-state index in [0.29, 0.717) is 18.0 Å². The van der Waals surface area contributed by atoms with E-state index in [-0.39, 0.29) is 5.82 Å². The summed E-state index contributed by atoms with van der Waals surface area (Å²) in [7, 11) is 0. The second kappa shape index (κ2) is 10.9. The van der Waals surface area contributed by atoms with Gasteiger partial charge in [-0.1, -0.05) is 96.0 Å². The van der Waals surface area contributed by atoms with Crippen molar-refractivity contribution in [2.24, 2.45) is 0 Å². The lowest BCUT2D eigenvalue weighted by atomic mass is 9.89. The summed E-state index contributed by atoms with van der Waals surface area (Å²) in [6.45, 7) is 3.24. The van der Waals surface area contributed by atoms with Gasteiger partial charge in [0, 0.05) is 33.1 Å². The summed E-state index contributed by atoms with van der Waals surface area (Å²) in [5.41, 5.74) is 6.50. The molecule has 192 valence electrons. The van der Waals surface area contributed by atoms with Crippen LogP contribution in [0.4, 0.5) is 4.39 Å². The summed E-state index contributed by atoms with van der Waals surface area (Å²) in [4.78, 5) is 2.53. The van der Waals surface area contributed by atoms with Crippen LogP contribution in [0.3, 0.4) is 0 Å². The fraction of sp³-hybridized carbons (Fsp3) is 0.212. The summed E-state index contributed by atoms with van der Waals surface area (Å²) in [6.07, 6.45) is 2.02. The van der Waals surface area contributed by atoms with E-state index in [2.05, 4.69) is 58.0 Å². The molecule has 6 rings (SSSR count). The zero-order valence-corrected chi connectivity index (χ0v) is 22.6. The lowest BCUT2D eigenvalue weighted by Gasteiger charge is -2.33. The third-order valence-corrected chi connectivity index (χ3v) is 8.45. The molecule has 1 saturated heterocycles. The zero-order chi connectivity index (χ0) is 26.1. The van der Waals surface area contributed by atoms with Gasteiger partial charge in [0.05, 0.1) is 12.2 Å². The van der Waals surface area contributed by atoms with Crippen LogP contribution in [0, 0.1) is 5.82 Å². The molecule has 5 heteroatoms. The van der Waals surface area contributed by atoms with Gasteiger partial charge >= 0.3 is 0 Å². The Hall–Kier alpha value is -3.11. The van der Waals surface area contributed by atoms with E-state index in [0.717, 1.165) is 64.9 Å². The predicted octanol–water partition coefficient (Wildman–Crippen LogP) is 9.18. The highest BCUT2D eigenvalue weighted by atomic mass is 35.5. The number of fused-ring (bicyclic) bond motifs is 1. The molecule has 1 fully saturated rings. The molecule has 5 aromatic rings. The van der Waals surface area contributed by atoms with Gasteiger partial charge in [0.2, 0.25) is 0 Å². The normalized spacial score (nSPS) is 14.8. The number of para-hydroxylation sites is 1. The van der Waals surface area contributed by atoms with Crippen molar-refractivity contribution in [3.63, 3.8) is 0 Å². The molecule has 0 atom stereocenters. The third kappa shape index (κ3) is 4.87. The van der Waals surface area contributed by atoms with Crippen LogP contribution in [-0.4, -0.2) is 22.6 Å². The second-order valence-corrected chi connectivity index (χ2v) is 10.9. The molecule has 0 aliphatic carbocycles. The number of hydrogen-bond acceptors (Lipinski definition) is 1. The first-order valence-corrected chi connectivity index (χ1v) is 13.9. The number of piperidine rings is 1. The molecule has 0 radical (unpaired) electrons. The lowest BCUT2D eigenvalue weighted by molar-refractivity contribution is 0.205. The lowest BCUT2D eigenvalue weighted by Crippen LogP contribution is -2.32. The Morgan fingerprint density at radius 1 is 0.711 bits per heavy atom. The largest absolute Gasteiger partial charge is 0.336 e. The maximum atomic E-state index is 14.8. The van der Waals surface area contributed by atoms with Crippen molar-refractivity contribution in [3.05, 3.63) is 130 Å². The van der Waals surface area contributed by atoms with Crippen LogP contribution in [-0.2, 0) is 13.1 Å². The number of halogens is 3. The first-order valence-electron chi connectivity index (χ1n) is 13.2. The van der Waals surface area contributed by atoms with Crippen LogP contribution >= 0.6 is 23.2 Å². The number of aromatic nitrogens is 1. The molecule has 4 aromatic carbocycles. The standard InChI is InChI=1S/C33H29Cl2FN2/c34-28-13-8-14-29(35)32(28)23-17-19-37(20-18-23)22-27-26-12-5-7-16-31(26)38(21-25-11-4-6-15-30(25)36)33(27)24-9-2-1-3-10-24/h1-16,23H,17-22H2. The molecule has 1 aliphatic heterocycles. The molecule has 0 N–H and O–H groups in total. The maximum absolute atomic E-state index is 14.8. The van der Waals surface area contributed by atoms with Crippen LogP contribution in [0.25, 0.3) is 22.2 Å². The van der Waals surface area contributed by atoms with Crippen LogP contribution in [0.1, 0.15) is 35.4 Å². The molecule has 0 saturated carbocycles. The topological polar surface area (TPSA) is 8.17 Å². The van der Waals surface area contributed by atoms with Crippen LogP contribution in [0.15, 0.2) is 97.1 Å². The molecule has 0 bridgehead atoms. The first-order chi connectivity index (χ1) is 18.6. The van der Waals surface area contributed by atoms with Gasteiger partial charge in [-0.2, -0.15) is 0 Å². The number of nitrogens with zero attached hydrogens (tertiary/aromatic N) is 2. The first kappa shape index (κ1) is 25.2. The van der Waals surface area contributed by atoms with Crippen molar-refractivity contribution < 1.29 is 4.39 Å². The second-order valence-electron chi connectivity index (χ2n) is 10.1. The minimum Gasteiger partial charge on any atom is -0.336 e. The van der Waals surface area contributed by atoms with E-state index in [9.17, 15) is 4.39 Å². The summed E-state index contributed by atoms with van der Waals surface area (Å²) in [6, 6.07) is 31.9. The molecular formula is C33H29Cl2FN2. The highest BCUT2D eigenvalue weighted by molar-refractivity contribution is 6.36. The monoisotopic (exact) mass is 542 g/mol.